The van der Waals surface area contributed by atoms with Gasteiger partial charge in [-0.2, -0.15) is 0 Å². The SMILES string of the molecule is Cc1cc(Br)cc(C)c1CNC(=O)CC1COCCN1.Cl. The third-order valence-corrected chi connectivity index (χ3v) is 4.01. The second-order valence-electron chi connectivity index (χ2n) is 5.22. The predicted octanol–water partition coefficient (Wildman–Crippen LogP) is 2.48. The third kappa shape index (κ3) is 5.58. The number of nitrogens with one attached hydrogen (secondary N) is 2. The van der Waals surface area contributed by atoms with Crippen LogP contribution in [0.1, 0.15) is 23.1 Å². The number of rotatable bonds is 4. The third-order valence-electron chi connectivity index (χ3n) is 3.55. The average molecular weight is 378 g/mol. The molecule has 1 aromatic rings. The Balaban J connectivity index is 0.00000220. The molecule has 4 nitrogen and oxygen atoms in total. The van der Waals surface area contributed by atoms with Gasteiger partial charge in [0.2, 0.25) is 5.91 Å². The van der Waals surface area contributed by atoms with Gasteiger partial charge in [0.25, 0.3) is 0 Å². The van der Waals surface area contributed by atoms with E-state index in [2.05, 4.69) is 52.5 Å². The molecule has 1 fully saturated rings. The molecule has 1 saturated heterocycles. The zero-order valence-electron chi connectivity index (χ0n) is 12.4. The molecule has 0 bridgehead atoms. The largest absolute Gasteiger partial charge is 0.378 e. The Morgan fingerprint density at radius 2 is 2.10 bits per heavy atom. The number of hydrogen-bond acceptors (Lipinski definition) is 3. The second kappa shape index (κ2) is 8.73. The number of aryl methyl sites for hydroxylation is 2. The van der Waals surface area contributed by atoms with Gasteiger partial charge in [0.15, 0.2) is 0 Å². The van der Waals surface area contributed by atoms with Crippen LogP contribution in [-0.2, 0) is 16.1 Å². The minimum atomic E-state index is 0. The van der Waals surface area contributed by atoms with Crippen LogP contribution in [0, 0.1) is 13.8 Å². The summed E-state index contributed by atoms with van der Waals surface area (Å²) in [6.45, 7) is 6.88. The van der Waals surface area contributed by atoms with Gasteiger partial charge in [-0.3, -0.25) is 4.79 Å². The highest BCUT2D eigenvalue weighted by molar-refractivity contribution is 9.10. The number of carbonyl (C=O) groups excluding carboxylic acids is 1. The molecule has 0 radical (unpaired) electrons. The van der Waals surface area contributed by atoms with Gasteiger partial charge in [0, 0.05) is 30.0 Å². The lowest BCUT2D eigenvalue weighted by Gasteiger charge is -2.23. The number of ether oxygens (including phenoxy) is 1. The van der Waals surface area contributed by atoms with Crippen LogP contribution in [-0.4, -0.2) is 31.7 Å². The van der Waals surface area contributed by atoms with Crippen LogP contribution in [0.25, 0.3) is 0 Å². The first-order valence-corrected chi connectivity index (χ1v) is 7.69. The Morgan fingerprint density at radius 1 is 1.43 bits per heavy atom. The van der Waals surface area contributed by atoms with Crippen LogP contribution < -0.4 is 10.6 Å². The number of amides is 1. The van der Waals surface area contributed by atoms with Gasteiger partial charge in [-0.1, -0.05) is 15.9 Å². The van der Waals surface area contributed by atoms with Crippen molar-refractivity contribution in [2.75, 3.05) is 19.8 Å². The highest BCUT2D eigenvalue weighted by atomic mass is 79.9. The number of morpholine rings is 1. The molecule has 0 spiro atoms. The summed E-state index contributed by atoms with van der Waals surface area (Å²) < 4.78 is 6.42. The highest BCUT2D eigenvalue weighted by Crippen LogP contribution is 2.20. The number of hydrogen-bond donors (Lipinski definition) is 2. The van der Waals surface area contributed by atoms with E-state index in [0.717, 1.165) is 17.6 Å². The fourth-order valence-electron chi connectivity index (χ4n) is 2.45. The van der Waals surface area contributed by atoms with Crippen LogP contribution in [0.3, 0.4) is 0 Å². The summed E-state index contributed by atoms with van der Waals surface area (Å²) >= 11 is 3.48. The fourth-order valence-corrected chi connectivity index (χ4v) is 3.14. The van der Waals surface area contributed by atoms with E-state index in [1.807, 2.05) is 0 Å². The van der Waals surface area contributed by atoms with Crippen molar-refractivity contribution in [1.82, 2.24) is 10.6 Å². The fraction of sp³-hybridized carbons (Fsp3) is 0.533. The Morgan fingerprint density at radius 3 is 2.67 bits per heavy atom. The first-order chi connectivity index (χ1) is 9.56. The lowest BCUT2D eigenvalue weighted by Crippen LogP contribution is -2.44. The second-order valence-corrected chi connectivity index (χ2v) is 6.14. The van der Waals surface area contributed by atoms with Gasteiger partial charge >= 0.3 is 0 Å². The molecule has 0 aliphatic carbocycles. The van der Waals surface area contributed by atoms with Crippen molar-refractivity contribution < 1.29 is 9.53 Å². The Kier molecular flexibility index (Phi) is 7.66. The Hall–Kier alpha value is -0.620. The van der Waals surface area contributed by atoms with Crippen molar-refractivity contribution in [2.45, 2.75) is 32.9 Å². The van der Waals surface area contributed by atoms with Crippen molar-refractivity contribution in [1.29, 1.82) is 0 Å². The van der Waals surface area contributed by atoms with Gasteiger partial charge < -0.3 is 15.4 Å². The van der Waals surface area contributed by atoms with Crippen molar-refractivity contribution in [3.8, 4) is 0 Å². The van der Waals surface area contributed by atoms with E-state index in [-0.39, 0.29) is 24.4 Å². The minimum Gasteiger partial charge on any atom is -0.378 e. The quantitative estimate of drug-likeness (QED) is 0.847. The molecule has 1 aliphatic rings. The minimum absolute atomic E-state index is 0. The van der Waals surface area contributed by atoms with E-state index < -0.39 is 0 Å². The van der Waals surface area contributed by atoms with Crippen LogP contribution in [0.15, 0.2) is 16.6 Å². The monoisotopic (exact) mass is 376 g/mol. The molecule has 1 atom stereocenters. The van der Waals surface area contributed by atoms with E-state index >= 15 is 0 Å². The average Bonchev–Trinajstić information content (AvgIpc) is 2.38. The normalized spacial score (nSPS) is 18.0. The molecular weight excluding hydrogens is 356 g/mol. The van der Waals surface area contributed by atoms with E-state index in [4.69, 9.17) is 4.74 Å². The van der Waals surface area contributed by atoms with Gasteiger partial charge in [-0.05, 0) is 42.7 Å². The van der Waals surface area contributed by atoms with Crippen LogP contribution >= 0.6 is 28.3 Å². The molecule has 1 aromatic carbocycles. The standard InChI is InChI=1S/C15H21BrN2O2.ClH/c1-10-5-12(16)6-11(2)14(10)8-18-15(19)7-13-9-20-4-3-17-13;/h5-6,13,17H,3-4,7-9H2,1-2H3,(H,18,19);1H. The molecule has 0 saturated carbocycles. The number of carbonyl (C=O) groups is 1. The van der Waals surface area contributed by atoms with Gasteiger partial charge in [-0.15, -0.1) is 12.4 Å². The van der Waals surface area contributed by atoms with Gasteiger partial charge in [-0.25, -0.2) is 0 Å². The van der Waals surface area contributed by atoms with E-state index in [0.29, 0.717) is 19.6 Å². The first-order valence-electron chi connectivity index (χ1n) is 6.89. The molecular formula is C15H22BrClN2O2. The Labute approximate surface area is 140 Å². The maximum atomic E-state index is 12.0. The summed E-state index contributed by atoms with van der Waals surface area (Å²) in [5.74, 6) is 0.0646. The topological polar surface area (TPSA) is 50.4 Å². The summed E-state index contributed by atoms with van der Waals surface area (Å²) in [5.41, 5.74) is 3.57. The highest BCUT2D eigenvalue weighted by Gasteiger charge is 2.16. The summed E-state index contributed by atoms with van der Waals surface area (Å²) in [4.78, 5) is 12.0. The van der Waals surface area contributed by atoms with E-state index in [1.54, 1.807) is 0 Å². The van der Waals surface area contributed by atoms with Crippen molar-refractivity contribution in [2.24, 2.45) is 0 Å². The zero-order chi connectivity index (χ0) is 14.5. The molecule has 2 rings (SSSR count). The number of benzene rings is 1. The lowest BCUT2D eigenvalue weighted by atomic mass is 10.0. The van der Waals surface area contributed by atoms with Crippen molar-refractivity contribution >= 4 is 34.2 Å². The van der Waals surface area contributed by atoms with Crippen molar-refractivity contribution in [3.63, 3.8) is 0 Å². The maximum Gasteiger partial charge on any atom is 0.221 e. The molecule has 2 N–H and O–H groups in total. The molecule has 1 heterocycles. The Bertz CT molecular complexity index is 468. The first kappa shape index (κ1) is 18.4. The van der Waals surface area contributed by atoms with Crippen LogP contribution in [0.5, 0.6) is 0 Å². The summed E-state index contributed by atoms with van der Waals surface area (Å²) in [5, 5.41) is 6.28. The molecule has 21 heavy (non-hydrogen) atoms. The smallest absolute Gasteiger partial charge is 0.221 e. The van der Waals surface area contributed by atoms with Crippen LogP contribution in [0.4, 0.5) is 0 Å². The van der Waals surface area contributed by atoms with Gasteiger partial charge in [0.05, 0.1) is 13.2 Å². The molecule has 1 aliphatic heterocycles. The summed E-state index contributed by atoms with van der Waals surface area (Å²) in [6.07, 6.45) is 0.467. The van der Waals surface area contributed by atoms with Gasteiger partial charge in [0.1, 0.15) is 0 Å². The summed E-state index contributed by atoms with van der Waals surface area (Å²) in [7, 11) is 0. The molecule has 1 unspecified atom stereocenters. The van der Waals surface area contributed by atoms with E-state index in [9.17, 15) is 4.79 Å². The van der Waals surface area contributed by atoms with Crippen molar-refractivity contribution in [3.05, 3.63) is 33.3 Å². The maximum absolute atomic E-state index is 12.0. The molecule has 0 aromatic heterocycles. The van der Waals surface area contributed by atoms with E-state index in [1.165, 1.54) is 16.7 Å². The predicted molar refractivity (Wildman–Crippen MR) is 89.9 cm³/mol. The van der Waals surface area contributed by atoms with Crippen LogP contribution in [0.2, 0.25) is 0 Å². The molecule has 118 valence electrons. The summed E-state index contributed by atoms with van der Waals surface area (Å²) in [6, 6.07) is 4.28. The lowest BCUT2D eigenvalue weighted by molar-refractivity contribution is -0.122. The molecule has 1 amide bonds. The zero-order valence-corrected chi connectivity index (χ0v) is 14.8. The number of halogens is 2. The molecule has 6 heteroatoms.